The molecule has 2 atom stereocenters. The van der Waals surface area contributed by atoms with Crippen LogP contribution in [0.3, 0.4) is 0 Å². The molecule has 0 aliphatic heterocycles. The molecule has 0 fully saturated rings. The first-order valence-electron chi connectivity index (χ1n) is 7.17. The molecule has 0 amide bonds. The van der Waals surface area contributed by atoms with E-state index >= 15 is 0 Å². The van der Waals surface area contributed by atoms with Crippen molar-refractivity contribution in [2.75, 3.05) is 6.61 Å². The monoisotopic (exact) mass is 283 g/mol. The van der Waals surface area contributed by atoms with Crippen LogP contribution in [-0.2, 0) is 4.74 Å². The second-order valence-corrected chi connectivity index (χ2v) is 5.83. The third kappa shape index (κ3) is 5.52. The normalized spacial score (nSPS) is 14.6. The van der Waals surface area contributed by atoms with Gasteiger partial charge in [-0.15, -0.1) is 0 Å². The van der Waals surface area contributed by atoms with Crippen molar-refractivity contribution < 1.29 is 4.74 Å². The third-order valence-electron chi connectivity index (χ3n) is 3.30. The highest BCUT2D eigenvalue weighted by Gasteiger charge is 2.21. The number of hydrogen-bond acceptors (Lipinski definition) is 2. The van der Waals surface area contributed by atoms with E-state index in [0.717, 1.165) is 30.0 Å². The molecule has 1 aromatic carbocycles. The number of hydrogen-bond donors (Lipinski definition) is 1. The fraction of sp³-hybridized carbons (Fsp3) is 0.625. The molecular weight excluding hydrogens is 258 g/mol. The van der Waals surface area contributed by atoms with Crippen LogP contribution in [-0.4, -0.2) is 12.6 Å². The number of rotatable bonds is 8. The Morgan fingerprint density at radius 1 is 1.26 bits per heavy atom. The molecule has 0 aromatic heterocycles. The van der Waals surface area contributed by atoms with Crippen LogP contribution in [0, 0.1) is 5.92 Å². The SMILES string of the molecule is CCC(N)C(OCCCC(C)C)c1ccccc1Cl. The highest BCUT2D eigenvalue weighted by atomic mass is 35.5. The fourth-order valence-electron chi connectivity index (χ4n) is 2.07. The van der Waals surface area contributed by atoms with Crippen LogP contribution >= 0.6 is 11.6 Å². The summed E-state index contributed by atoms with van der Waals surface area (Å²) in [5, 5.41) is 0.736. The molecule has 0 saturated carbocycles. The van der Waals surface area contributed by atoms with Gasteiger partial charge in [0.05, 0.1) is 6.10 Å². The largest absolute Gasteiger partial charge is 0.372 e. The molecule has 1 rings (SSSR count). The molecule has 19 heavy (non-hydrogen) atoms. The highest BCUT2D eigenvalue weighted by Crippen LogP contribution is 2.28. The molecule has 0 heterocycles. The van der Waals surface area contributed by atoms with Gasteiger partial charge >= 0.3 is 0 Å². The highest BCUT2D eigenvalue weighted by molar-refractivity contribution is 6.31. The van der Waals surface area contributed by atoms with Gasteiger partial charge in [0.1, 0.15) is 0 Å². The first kappa shape index (κ1) is 16.5. The van der Waals surface area contributed by atoms with E-state index in [1.54, 1.807) is 0 Å². The maximum Gasteiger partial charge on any atom is 0.0989 e. The second-order valence-electron chi connectivity index (χ2n) is 5.42. The molecule has 2 N–H and O–H groups in total. The first-order chi connectivity index (χ1) is 9.06. The second kappa shape index (κ2) is 8.57. The summed E-state index contributed by atoms with van der Waals surface area (Å²) in [5.74, 6) is 0.710. The van der Waals surface area contributed by atoms with E-state index in [2.05, 4.69) is 20.8 Å². The van der Waals surface area contributed by atoms with Gasteiger partial charge in [0.2, 0.25) is 0 Å². The van der Waals surface area contributed by atoms with E-state index in [9.17, 15) is 0 Å². The van der Waals surface area contributed by atoms with E-state index in [0.29, 0.717) is 5.92 Å². The van der Waals surface area contributed by atoms with Crippen LogP contribution in [0.15, 0.2) is 24.3 Å². The average Bonchev–Trinajstić information content (AvgIpc) is 2.39. The maximum absolute atomic E-state index is 6.25. The number of benzene rings is 1. The molecular formula is C16H26ClNO. The number of ether oxygens (including phenoxy) is 1. The van der Waals surface area contributed by atoms with Gasteiger partial charge in [-0.1, -0.05) is 50.6 Å². The molecule has 2 unspecified atom stereocenters. The fourth-order valence-corrected chi connectivity index (χ4v) is 2.31. The van der Waals surface area contributed by atoms with Crippen LogP contribution in [0.2, 0.25) is 5.02 Å². The lowest BCUT2D eigenvalue weighted by atomic mass is 10.0. The van der Waals surface area contributed by atoms with Gasteiger partial charge in [-0.05, 0) is 31.2 Å². The van der Waals surface area contributed by atoms with Crippen LogP contribution in [0.5, 0.6) is 0 Å². The Labute approximate surface area is 122 Å². The third-order valence-corrected chi connectivity index (χ3v) is 3.64. The summed E-state index contributed by atoms with van der Waals surface area (Å²) >= 11 is 6.25. The molecule has 1 aromatic rings. The Hall–Kier alpha value is -0.570. The van der Waals surface area contributed by atoms with Gasteiger partial charge in [-0.3, -0.25) is 0 Å². The molecule has 0 bridgehead atoms. The lowest BCUT2D eigenvalue weighted by Crippen LogP contribution is -2.30. The quantitative estimate of drug-likeness (QED) is 0.709. The molecule has 0 spiro atoms. The summed E-state index contributed by atoms with van der Waals surface area (Å²) < 4.78 is 6.00. The van der Waals surface area contributed by atoms with Crippen LogP contribution in [0.4, 0.5) is 0 Å². The molecule has 2 nitrogen and oxygen atoms in total. The summed E-state index contributed by atoms with van der Waals surface area (Å²) in [5.41, 5.74) is 7.18. The van der Waals surface area contributed by atoms with Crippen LogP contribution in [0.1, 0.15) is 51.7 Å². The summed E-state index contributed by atoms with van der Waals surface area (Å²) in [6, 6.07) is 7.79. The van der Waals surface area contributed by atoms with E-state index in [-0.39, 0.29) is 12.1 Å². The van der Waals surface area contributed by atoms with E-state index in [1.165, 1.54) is 6.42 Å². The Balaban J connectivity index is 2.65. The van der Waals surface area contributed by atoms with Gasteiger partial charge in [0.25, 0.3) is 0 Å². The van der Waals surface area contributed by atoms with Crippen molar-refractivity contribution in [3.05, 3.63) is 34.9 Å². The Morgan fingerprint density at radius 2 is 1.95 bits per heavy atom. The summed E-state index contributed by atoms with van der Waals surface area (Å²) in [6.45, 7) is 7.26. The molecule has 0 aliphatic rings. The zero-order valence-corrected chi connectivity index (χ0v) is 13.0. The first-order valence-corrected chi connectivity index (χ1v) is 7.55. The summed E-state index contributed by atoms with van der Waals surface area (Å²) in [7, 11) is 0. The van der Waals surface area contributed by atoms with Gasteiger partial charge in [0.15, 0.2) is 0 Å². The van der Waals surface area contributed by atoms with Gasteiger partial charge in [-0.2, -0.15) is 0 Å². The van der Waals surface area contributed by atoms with Crippen molar-refractivity contribution in [1.29, 1.82) is 0 Å². The molecule has 108 valence electrons. The molecule has 3 heteroatoms. The minimum Gasteiger partial charge on any atom is -0.372 e. The Kier molecular flexibility index (Phi) is 7.44. The van der Waals surface area contributed by atoms with Gasteiger partial charge < -0.3 is 10.5 Å². The van der Waals surface area contributed by atoms with Crippen molar-refractivity contribution in [3.63, 3.8) is 0 Å². The van der Waals surface area contributed by atoms with Gasteiger partial charge in [0, 0.05) is 23.2 Å². The molecule has 0 radical (unpaired) electrons. The van der Waals surface area contributed by atoms with Crippen molar-refractivity contribution in [2.24, 2.45) is 11.7 Å². The Morgan fingerprint density at radius 3 is 2.53 bits per heavy atom. The zero-order chi connectivity index (χ0) is 14.3. The standard InChI is InChI=1S/C16H26ClNO/c1-4-15(18)16(19-11-7-8-12(2)3)13-9-5-6-10-14(13)17/h5-6,9-10,12,15-16H,4,7-8,11,18H2,1-3H3. The summed E-state index contributed by atoms with van der Waals surface area (Å²) in [4.78, 5) is 0. The Bertz CT molecular complexity index is 368. The van der Waals surface area contributed by atoms with Crippen LogP contribution in [0.25, 0.3) is 0 Å². The number of halogens is 1. The minimum absolute atomic E-state index is 0.0149. The average molecular weight is 284 g/mol. The van der Waals surface area contributed by atoms with Crippen molar-refractivity contribution in [2.45, 2.75) is 52.2 Å². The zero-order valence-electron chi connectivity index (χ0n) is 12.2. The number of nitrogens with two attached hydrogens (primary N) is 1. The predicted octanol–water partition coefficient (Wildman–Crippen LogP) is 4.57. The van der Waals surface area contributed by atoms with Crippen molar-refractivity contribution >= 4 is 11.6 Å². The van der Waals surface area contributed by atoms with E-state index < -0.39 is 0 Å². The molecule has 0 saturated heterocycles. The predicted molar refractivity (Wildman–Crippen MR) is 82.5 cm³/mol. The van der Waals surface area contributed by atoms with E-state index in [4.69, 9.17) is 22.1 Å². The molecule has 0 aliphatic carbocycles. The summed E-state index contributed by atoms with van der Waals surface area (Å²) in [6.07, 6.45) is 3.01. The van der Waals surface area contributed by atoms with Crippen molar-refractivity contribution in [3.8, 4) is 0 Å². The van der Waals surface area contributed by atoms with Crippen molar-refractivity contribution in [1.82, 2.24) is 0 Å². The van der Waals surface area contributed by atoms with E-state index in [1.807, 2.05) is 24.3 Å². The van der Waals surface area contributed by atoms with Crippen LogP contribution < -0.4 is 5.73 Å². The van der Waals surface area contributed by atoms with Gasteiger partial charge in [-0.25, -0.2) is 0 Å². The maximum atomic E-state index is 6.25. The minimum atomic E-state index is -0.106. The lowest BCUT2D eigenvalue weighted by Gasteiger charge is -2.25. The lowest BCUT2D eigenvalue weighted by molar-refractivity contribution is 0.0302. The smallest absolute Gasteiger partial charge is 0.0989 e. The topological polar surface area (TPSA) is 35.2 Å².